The van der Waals surface area contributed by atoms with Crippen LogP contribution < -0.4 is 11.1 Å². The van der Waals surface area contributed by atoms with Gasteiger partial charge in [-0.2, -0.15) is 0 Å². The number of rotatable bonds is 1. The molecule has 2 aromatic rings. The zero-order valence-electron chi connectivity index (χ0n) is 15.6. The zero-order valence-corrected chi connectivity index (χ0v) is 15.6. The molecule has 0 saturated carbocycles. The number of carbonyl (C=O) groups is 1. The number of aliphatic hydroxyl groups is 1. The number of hydrogen-bond acceptors (Lipinski definition) is 4. The van der Waals surface area contributed by atoms with Crippen LogP contribution >= 0.6 is 0 Å². The van der Waals surface area contributed by atoms with Gasteiger partial charge in [0.25, 0.3) is 0 Å². The number of amides is 1. The second-order valence-corrected chi connectivity index (χ2v) is 7.72. The molecule has 2 heterocycles. The van der Waals surface area contributed by atoms with E-state index >= 15 is 0 Å². The number of hydrogen-bond donors (Lipinski definition) is 3. The summed E-state index contributed by atoms with van der Waals surface area (Å²) in [6, 6.07) is 9.45. The highest BCUT2D eigenvalue weighted by atomic mass is 16.3. The van der Waals surface area contributed by atoms with Crippen molar-refractivity contribution in [1.29, 1.82) is 0 Å². The van der Waals surface area contributed by atoms with Crippen molar-refractivity contribution in [3.63, 3.8) is 0 Å². The average Bonchev–Trinajstić information content (AvgIpc) is 2.60. The van der Waals surface area contributed by atoms with E-state index < -0.39 is 5.60 Å². The highest BCUT2D eigenvalue weighted by molar-refractivity contribution is 5.96. The minimum absolute atomic E-state index is 0.0115. The molecule has 1 aliphatic rings. The van der Waals surface area contributed by atoms with Crippen molar-refractivity contribution in [3.8, 4) is 11.1 Å². The first-order valence-corrected chi connectivity index (χ1v) is 9.15. The van der Waals surface area contributed by atoms with Crippen molar-refractivity contribution in [2.75, 3.05) is 5.32 Å². The largest absolute Gasteiger partial charge is 0.386 e. The van der Waals surface area contributed by atoms with Crippen LogP contribution in [-0.2, 0) is 10.4 Å². The third-order valence-corrected chi connectivity index (χ3v) is 5.06. The van der Waals surface area contributed by atoms with Crippen molar-refractivity contribution in [2.24, 2.45) is 11.7 Å². The Bertz CT molecular complexity index is 811. The molecule has 0 unspecified atom stereocenters. The molecule has 0 radical (unpaired) electrons. The van der Waals surface area contributed by atoms with Crippen LogP contribution in [0.3, 0.4) is 0 Å². The molecule has 0 spiro atoms. The van der Waals surface area contributed by atoms with Gasteiger partial charge in [0.1, 0.15) is 0 Å². The van der Waals surface area contributed by atoms with Crippen LogP contribution in [0.1, 0.15) is 57.3 Å². The van der Waals surface area contributed by atoms with Crippen molar-refractivity contribution < 1.29 is 9.90 Å². The Morgan fingerprint density at radius 2 is 2.00 bits per heavy atom. The van der Waals surface area contributed by atoms with Crippen molar-refractivity contribution in [2.45, 2.75) is 51.7 Å². The number of benzene rings is 1. The third kappa shape index (κ3) is 3.94. The van der Waals surface area contributed by atoms with Crippen LogP contribution in [0.4, 0.5) is 5.69 Å². The Kier molecular flexibility index (Phi) is 5.12. The smallest absolute Gasteiger partial charge is 0.227 e. The average molecular weight is 353 g/mol. The first-order chi connectivity index (χ1) is 12.3. The highest BCUT2D eigenvalue weighted by Gasteiger charge is 2.22. The van der Waals surface area contributed by atoms with E-state index in [1.807, 2.05) is 37.3 Å². The SMILES string of the molecule is C[C@@H]1CCC[C@H](N)c2cc(ccn2)-c2ccc(C(C)(C)O)cc2NC1=O. The Hall–Kier alpha value is -2.24. The van der Waals surface area contributed by atoms with Gasteiger partial charge in [-0.15, -0.1) is 0 Å². The van der Waals surface area contributed by atoms with Crippen LogP contribution in [-0.4, -0.2) is 16.0 Å². The lowest BCUT2D eigenvalue weighted by Crippen LogP contribution is -2.23. The molecule has 3 rings (SSSR count). The zero-order chi connectivity index (χ0) is 18.9. The fourth-order valence-electron chi connectivity index (χ4n) is 3.28. The standard InChI is InChI=1S/C21H27N3O2/c1-13-5-4-6-17(22)19-11-14(9-10-23-19)16-8-7-15(21(2,3)26)12-18(16)24-20(13)25/h7-13,17,26H,4-6,22H2,1-3H3,(H,24,25)/t13-,17+/m1/s1. The summed E-state index contributed by atoms with van der Waals surface area (Å²) < 4.78 is 0. The van der Waals surface area contributed by atoms with Crippen LogP contribution in [0.2, 0.25) is 0 Å². The van der Waals surface area contributed by atoms with Gasteiger partial charge < -0.3 is 16.2 Å². The number of aromatic nitrogens is 1. The molecule has 0 saturated heterocycles. The Balaban J connectivity index is 2.15. The summed E-state index contributed by atoms with van der Waals surface area (Å²) in [6.07, 6.45) is 4.21. The van der Waals surface area contributed by atoms with Crippen molar-refractivity contribution in [1.82, 2.24) is 4.98 Å². The van der Waals surface area contributed by atoms with Gasteiger partial charge in [-0.1, -0.05) is 25.5 Å². The van der Waals surface area contributed by atoms with Gasteiger partial charge >= 0.3 is 0 Å². The van der Waals surface area contributed by atoms with Gasteiger partial charge in [0.15, 0.2) is 0 Å². The summed E-state index contributed by atoms with van der Waals surface area (Å²) in [5.41, 5.74) is 9.49. The normalized spacial score (nSPS) is 21.2. The lowest BCUT2D eigenvalue weighted by molar-refractivity contribution is -0.119. The van der Waals surface area contributed by atoms with Gasteiger partial charge in [0.05, 0.1) is 11.3 Å². The molecule has 26 heavy (non-hydrogen) atoms. The van der Waals surface area contributed by atoms with Crippen molar-refractivity contribution >= 4 is 11.6 Å². The van der Waals surface area contributed by atoms with Crippen LogP contribution in [0.15, 0.2) is 36.5 Å². The molecule has 2 bridgehead atoms. The van der Waals surface area contributed by atoms with Gasteiger partial charge in [-0.3, -0.25) is 9.78 Å². The summed E-state index contributed by atoms with van der Waals surface area (Å²) in [4.78, 5) is 17.1. The molecule has 1 aliphatic heterocycles. The predicted molar refractivity (Wildman–Crippen MR) is 103 cm³/mol. The summed E-state index contributed by atoms with van der Waals surface area (Å²) in [5, 5.41) is 13.4. The van der Waals surface area contributed by atoms with E-state index in [1.54, 1.807) is 20.0 Å². The van der Waals surface area contributed by atoms with E-state index in [9.17, 15) is 9.90 Å². The molecule has 1 aromatic carbocycles. The van der Waals surface area contributed by atoms with E-state index in [2.05, 4.69) is 10.3 Å². The fraction of sp³-hybridized carbons (Fsp3) is 0.429. The molecule has 2 atom stereocenters. The maximum atomic E-state index is 12.6. The summed E-state index contributed by atoms with van der Waals surface area (Å²) in [7, 11) is 0. The molecule has 0 fully saturated rings. The van der Waals surface area contributed by atoms with E-state index in [0.717, 1.165) is 41.6 Å². The molecule has 138 valence electrons. The summed E-state index contributed by atoms with van der Waals surface area (Å²) in [6.45, 7) is 5.40. The van der Waals surface area contributed by atoms with Crippen LogP contribution in [0, 0.1) is 5.92 Å². The van der Waals surface area contributed by atoms with E-state index in [4.69, 9.17) is 5.73 Å². The van der Waals surface area contributed by atoms with Gasteiger partial charge in [-0.25, -0.2) is 0 Å². The number of fused-ring (bicyclic) bond motifs is 4. The maximum absolute atomic E-state index is 12.6. The monoisotopic (exact) mass is 353 g/mol. The second kappa shape index (κ2) is 7.17. The first-order valence-electron chi connectivity index (χ1n) is 9.15. The number of pyridine rings is 1. The fourth-order valence-corrected chi connectivity index (χ4v) is 3.28. The molecular formula is C21H27N3O2. The lowest BCUT2D eigenvalue weighted by Gasteiger charge is -2.23. The molecule has 5 nitrogen and oxygen atoms in total. The number of anilines is 1. The maximum Gasteiger partial charge on any atom is 0.227 e. The topological polar surface area (TPSA) is 88.2 Å². The predicted octanol–water partition coefficient (Wildman–Crippen LogP) is 3.73. The Morgan fingerprint density at radius 3 is 2.73 bits per heavy atom. The molecule has 4 N–H and O–H groups in total. The van der Waals surface area contributed by atoms with E-state index in [-0.39, 0.29) is 17.9 Å². The number of nitrogens with zero attached hydrogens (tertiary/aromatic N) is 1. The van der Waals surface area contributed by atoms with Gasteiger partial charge in [0.2, 0.25) is 5.91 Å². The van der Waals surface area contributed by atoms with E-state index in [1.165, 1.54) is 0 Å². The molecule has 1 amide bonds. The molecular weight excluding hydrogens is 326 g/mol. The van der Waals surface area contributed by atoms with Gasteiger partial charge in [0, 0.05) is 29.4 Å². The molecule has 1 aromatic heterocycles. The Labute approximate surface area is 154 Å². The summed E-state index contributed by atoms with van der Waals surface area (Å²) in [5.74, 6) is -0.117. The molecule has 5 heteroatoms. The van der Waals surface area contributed by atoms with Crippen molar-refractivity contribution in [3.05, 3.63) is 47.8 Å². The first kappa shape index (κ1) is 18.5. The third-order valence-electron chi connectivity index (χ3n) is 5.06. The summed E-state index contributed by atoms with van der Waals surface area (Å²) >= 11 is 0. The van der Waals surface area contributed by atoms with Gasteiger partial charge in [-0.05, 0) is 56.0 Å². The highest BCUT2D eigenvalue weighted by Crippen LogP contribution is 2.34. The number of carbonyl (C=O) groups excluding carboxylic acids is 1. The lowest BCUT2D eigenvalue weighted by atomic mass is 9.92. The Morgan fingerprint density at radius 1 is 1.23 bits per heavy atom. The number of nitrogens with one attached hydrogen (secondary N) is 1. The van der Waals surface area contributed by atoms with Crippen LogP contribution in [0.5, 0.6) is 0 Å². The molecule has 0 aliphatic carbocycles. The minimum atomic E-state index is -0.985. The number of nitrogens with two attached hydrogens (primary N) is 1. The van der Waals surface area contributed by atoms with E-state index in [0.29, 0.717) is 5.69 Å². The quantitative estimate of drug-likeness (QED) is 0.729. The van der Waals surface area contributed by atoms with Crippen LogP contribution in [0.25, 0.3) is 11.1 Å². The second-order valence-electron chi connectivity index (χ2n) is 7.72. The minimum Gasteiger partial charge on any atom is -0.386 e.